The van der Waals surface area contributed by atoms with Crippen molar-refractivity contribution in [3.63, 3.8) is 0 Å². The first-order chi connectivity index (χ1) is 19.3. The molecule has 2 saturated heterocycles. The fraction of sp³-hybridized carbons (Fsp3) is 0.333. The lowest BCUT2D eigenvalue weighted by Crippen LogP contribution is -2.33. The lowest BCUT2D eigenvalue weighted by molar-refractivity contribution is 0.438. The molecule has 0 bridgehead atoms. The number of thiocarbonyl (C=S) groups is 1. The number of hydrogen-bond acceptors (Lipinski definition) is 3. The Morgan fingerprint density at radius 1 is 0.925 bits per heavy atom. The zero-order valence-corrected chi connectivity index (χ0v) is 25.1. The summed E-state index contributed by atoms with van der Waals surface area (Å²) in [6, 6.07) is 23.3. The van der Waals surface area contributed by atoms with E-state index in [0.717, 1.165) is 46.8 Å². The van der Waals surface area contributed by atoms with Gasteiger partial charge < -0.3 is 19.7 Å². The molecule has 4 heterocycles. The van der Waals surface area contributed by atoms with Crippen LogP contribution >= 0.6 is 23.8 Å². The molecule has 40 heavy (non-hydrogen) atoms. The molecule has 2 aliphatic rings. The Hall–Kier alpha value is -3.35. The van der Waals surface area contributed by atoms with E-state index in [1.54, 1.807) is 0 Å². The summed E-state index contributed by atoms with van der Waals surface area (Å²) in [4.78, 5) is 9.38. The third kappa shape index (κ3) is 4.88. The number of halogens is 1. The number of nitrogens with zero attached hydrogens (tertiary/aromatic N) is 4. The Kier molecular flexibility index (Phi) is 7.32. The van der Waals surface area contributed by atoms with Crippen molar-refractivity contribution in [3.8, 4) is 5.69 Å². The van der Waals surface area contributed by atoms with E-state index in [-0.39, 0.29) is 12.1 Å². The fourth-order valence-corrected chi connectivity index (χ4v) is 6.92. The molecule has 0 aliphatic carbocycles. The van der Waals surface area contributed by atoms with Gasteiger partial charge in [0.2, 0.25) is 0 Å². The molecule has 0 saturated carbocycles. The quantitative estimate of drug-likeness (QED) is 0.247. The van der Waals surface area contributed by atoms with Crippen molar-refractivity contribution in [3.05, 3.63) is 106 Å². The highest BCUT2D eigenvalue weighted by atomic mass is 35.5. The van der Waals surface area contributed by atoms with Gasteiger partial charge in [0, 0.05) is 42.0 Å². The van der Waals surface area contributed by atoms with E-state index < -0.39 is 0 Å². The lowest BCUT2D eigenvalue weighted by Gasteiger charge is -2.33. The minimum absolute atomic E-state index is 0.0921. The van der Waals surface area contributed by atoms with Gasteiger partial charge in [0.1, 0.15) is 0 Å². The third-order valence-corrected chi connectivity index (χ3v) is 9.13. The Morgan fingerprint density at radius 3 is 2.33 bits per heavy atom. The van der Waals surface area contributed by atoms with Crippen molar-refractivity contribution in [2.24, 2.45) is 5.92 Å². The molecule has 2 aliphatic heterocycles. The van der Waals surface area contributed by atoms with E-state index in [1.807, 2.05) is 18.3 Å². The first-order valence-electron chi connectivity index (χ1n) is 14.1. The summed E-state index contributed by atoms with van der Waals surface area (Å²) >= 11 is 13.0. The Bertz CT molecular complexity index is 1520. The van der Waals surface area contributed by atoms with Gasteiger partial charge in [0.25, 0.3) is 0 Å². The van der Waals surface area contributed by atoms with E-state index in [0.29, 0.717) is 5.11 Å². The zero-order chi connectivity index (χ0) is 28.0. The Morgan fingerprint density at radius 2 is 1.65 bits per heavy atom. The fourth-order valence-electron chi connectivity index (χ4n) is 6.28. The first-order valence-corrected chi connectivity index (χ1v) is 14.9. The van der Waals surface area contributed by atoms with Crippen LogP contribution in [-0.4, -0.2) is 27.8 Å². The van der Waals surface area contributed by atoms with Gasteiger partial charge in [-0.25, -0.2) is 0 Å². The molecule has 5 nitrogen and oxygen atoms in total. The van der Waals surface area contributed by atoms with Crippen LogP contribution in [0.15, 0.2) is 72.9 Å². The SMILES string of the molecule is Cc1ccc(-n2c(C)cc([C@H]3[C@H](c4ccccn4)NC(=S)N3c3ccc(N4CCC(C)CC4)c(Cl)c3)c2C)cc1. The van der Waals surface area contributed by atoms with Crippen LogP contribution in [-0.2, 0) is 0 Å². The number of rotatable bonds is 5. The van der Waals surface area contributed by atoms with Crippen LogP contribution < -0.4 is 15.1 Å². The highest BCUT2D eigenvalue weighted by molar-refractivity contribution is 7.80. The van der Waals surface area contributed by atoms with Crippen molar-refractivity contribution in [2.75, 3.05) is 22.9 Å². The number of aryl methyl sites for hydroxylation is 2. The number of pyridine rings is 1. The van der Waals surface area contributed by atoms with Crippen molar-refractivity contribution in [1.82, 2.24) is 14.9 Å². The lowest BCUT2D eigenvalue weighted by atomic mass is 9.96. The predicted molar refractivity (Wildman–Crippen MR) is 170 cm³/mol. The molecule has 0 amide bonds. The van der Waals surface area contributed by atoms with Crippen LogP contribution in [0.2, 0.25) is 5.02 Å². The molecule has 0 unspecified atom stereocenters. The predicted octanol–water partition coefficient (Wildman–Crippen LogP) is 7.86. The van der Waals surface area contributed by atoms with Crippen LogP contribution in [0.4, 0.5) is 11.4 Å². The monoisotopic (exact) mass is 569 g/mol. The van der Waals surface area contributed by atoms with Gasteiger partial charge in [-0.05, 0) is 106 Å². The smallest absolute Gasteiger partial charge is 0.174 e. The maximum atomic E-state index is 6.98. The molecule has 6 rings (SSSR count). The van der Waals surface area contributed by atoms with Gasteiger partial charge >= 0.3 is 0 Å². The van der Waals surface area contributed by atoms with Crippen molar-refractivity contribution >= 4 is 40.3 Å². The normalized spacial score (nSPS) is 19.8. The van der Waals surface area contributed by atoms with Crippen molar-refractivity contribution in [1.29, 1.82) is 0 Å². The Balaban J connectivity index is 1.43. The van der Waals surface area contributed by atoms with Gasteiger partial charge in [0.15, 0.2) is 5.11 Å². The second-order valence-electron chi connectivity index (χ2n) is 11.3. The van der Waals surface area contributed by atoms with E-state index in [9.17, 15) is 0 Å². The van der Waals surface area contributed by atoms with E-state index in [2.05, 4.69) is 102 Å². The number of anilines is 2. The largest absolute Gasteiger partial charge is 0.370 e. The molecule has 2 atom stereocenters. The van der Waals surface area contributed by atoms with Gasteiger partial charge in [-0.1, -0.05) is 42.3 Å². The summed E-state index contributed by atoms with van der Waals surface area (Å²) in [5.41, 5.74) is 9.04. The molecule has 2 aromatic heterocycles. The average molecular weight is 570 g/mol. The van der Waals surface area contributed by atoms with Crippen LogP contribution in [0.3, 0.4) is 0 Å². The summed E-state index contributed by atoms with van der Waals surface area (Å²) < 4.78 is 2.33. The van der Waals surface area contributed by atoms with Gasteiger partial charge in [-0.15, -0.1) is 0 Å². The molecule has 206 valence electrons. The molecule has 2 fully saturated rings. The molecule has 0 spiro atoms. The van der Waals surface area contributed by atoms with E-state index >= 15 is 0 Å². The highest BCUT2D eigenvalue weighted by Crippen LogP contribution is 2.45. The minimum atomic E-state index is -0.109. The number of nitrogens with one attached hydrogen (secondary N) is 1. The summed E-state index contributed by atoms with van der Waals surface area (Å²) in [7, 11) is 0. The third-order valence-electron chi connectivity index (χ3n) is 8.51. The molecular formula is C33H36ClN5S. The summed E-state index contributed by atoms with van der Waals surface area (Å²) in [5.74, 6) is 0.769. The minimum Gasteiger partial charge on any atom is -0.370 e. The standard InChI is InChI=1S/C33H36ClN5S/c1-21-8-10-25(11-9-21)38-23(3)19-27(24(38)4)32-31(29-7-5-6-16-35-29)36-33(40)39(32)26-12-13-30(28(34)20-26)37-17-14-22(2)15-18-37/h5-13,16,19-20,22,31-32H,14-15,17-18H2,1-4H3,(H,36,40)/t31-,32-/m0/s1. The second-order valence-corrected chi connectivity index (χ2v) is 12.1. The summed E-state index contributed by atoms with van der Waals surface area (Å²) in [6.07, 6.45) is 4.24. The van der Waals surface area contributed by atoms with Crippen molar-refractivity contribution in [2.45, 2.75) is 52.6 Å². The molecular weight excluding hydrogens is 534 g/mol. The molecule has 0 radical (unpaired) electrons. The van der Waals surface area contributed by atoms with E-state index in [4.69, 9.17) is 28.8 Å². The number of hydrogen-bond donors (Lipinski definition) is 1. The zero-order valence-electron chi connectivity index (χ0n) is 23.6. The summed E-state index contributed by atoms with van der Waals surface area (Å²) in [5, 5.41) is 5.05. The topological polar surface area (TPSA) is 36.3 Å². The average Bonchev–Trinajstić information content (AvgIpc) is 3.45. The maximum absolute atomic E-state index is 6.98. The summed E-state index contributed by atoms with van der Waals surface area (Å²) in [6.45, 7) is 10.9. The van der Waals surface area contributed by atoms with Gasteiger partial charge in [0.05, 0.1) is 28.5 Å². The Labute approximate surface area is 247 Å². The maximum Gasteiger partial charge on any atom is 0.174 e. The van der Waals surface area contributed by atoms with E-state index in [1.165, 1.54) is 35.4 Å². The van der Waals surface area contributed by atoms with Gasteiger partial charge in [-0.3, -0.25) is 4.98 Å². The first kappa shape index (κ1) is 26.9. The van der Waals surface area contributed by atoms with Gasteiger partial charge in [-0.2, -0.15) is 0 Å². The highest BCUT2D eigenvalue weighted by Gasteiger charge is 2.42. The van der Waals surface area contributed by atoms with Crippen LogP contribution in [0.1, 0.15) is 60.1 Å². The van der Waals surface area contributed by atoms with Crippen molar-refractivity contribution < 1.29 is 0 Å². The molecule has 4 aromatic rings. The number of aromatic nitrogens is 2. The van der Waals surface area contributed by atoms with Crippen LogP contribution in [0.5, 0.6) is 0 Å². The second kappa shape index (κ2) is 10.9. The number of benzene rings is 2. The van der Waals surface area contributed by atoms with Crippen LogP contribution in [0, 0.1) is 26.7 Å². The molecule has 2 aromatic carbocycles. The van der Waals surface area contributed by atoms with Crippen LogP contribution in [0.25, 0.3) is 5.69 Å². The molecule has 7 heteroatoms. The molecule has 1 N–H and O–H groups in total. The number of piperidine rings is 1.